The predicted molar refractivity (Wildman–Crippen MR) is 49.7 cm³/mol. The van der Waals surface area contributed by atoms with Crippen LogP contribution >= 0.6 is 0 Å². The third-order valence-corrected chi connectivity index (χ3v) is 1.69. The topological polar surface area (TPSA) is 72.8 Å². The monoisotopic (exact) mass is 244 g/mol. The molecule has 0 saturated carbocycles. The van der Waals surface area contributed by atoms with Gasteiger partial charge >= 0.3 is 6.18 Å². The number of rotatable bonds is 7. The van der Waals surface area contributed by atoms with Gasteiger partial charge in [-0.2, -0.15) is 13.2 Å². The van der Waals surface area contributed by atoms with Crippen LogP contribution in [0.25, 0.3) is 0 Å². The maximum atomic E-state index is 11.7. The highest BCUT2D eigenvalue weighted by atomic mass is 19.4. The molecule has 0 aliphatic carbocycles. The summed E-state index contributed by atoms with van der Waals surface area (Å²) in [7, 11) is 0. The zero-order chi connectivity index (χ0) is 12.6. The normalized spacial score (nSPS) is 11.6. The zero-order valence-electron chi connectivity index (χ0n) is 8.63. The van der Waals surface area contributed by atoms with Crippen molar-refractivity contribution in [2.75, 3.05) is 39.4 Å². The molecule has 0 radical (unpaired) electrons. The van der Waals surface area contributed by atoms with E-state index in [9.17, 15) is 18.0 Å². The van der Waals surface area contributed by atoms with E-state index in [1.807, 2.05) is 5.32 Å². The van der Waals surface area contributed by atoms with Crippen LogP contribution in [0.1, 0.15) is 0 Å². The van der Waals surface area contributed by atoms with Gasteiger partial charge in [-0.15, -0.1) is 0 Å². The maximum Gasteiger partial charge on any atom is 0.401 e. The molecule has 0 heterocycles. The third-order valence-electron chi connectivity index (χ3n) is 1.69. The fourth-order valence-electron chi connectivity index (χ4n) is 1.03. The van der Waals surface area contributed by atoms with E-state index in [1.54, 1.807) is 0 Å². The van der Waals surface area contributed by atoms with E-state index in [2.05, 4.69) is 0 Å². The number of nitrogens with zero attached hydrogens (tertiary/aromatic N) is 1. The maximum absolute atomic E-state index is 11.7. The molecule has 1 amide bonds. The second-order valence-corrected chi connectivity index (χ2v) is 3.05. The summed E-state index contributed by atoms with van der Waals surface area (Å²) in [6.07, 6.45) is -4.36. The van der Waals surface area contributed by atoms with Crippen LogP contribution in [0.2, 0.25) is 0 Å². The second kappa shape index (κ2) is 7.42. The SMILES string of the molecule is O=C(CNCC(F)(F)F)N(CCO)CCO. The molecule has 5 nitrogen and oxygen atoms in total. The molecule has 0 saturated heterocycles. The highest BCUT2D eigenvalue weighted by Gasteiger charge is 2.26. The fourth-order valence-corrected chi connectivity index (χ4v) is 1.03. The summed E-state index contributed by atoms with van der Waals surface area (Å²) < 4.78 is 35.2. The Kier molecular flexibility index (Phi) is 7.02. The van der Waals surface area contributed by atoms with Gasteiger partial charge in [-0.25, -0.2) is 0 Å². The van der Waals surface area contributed by atoms with Crippen LogP contribution in [0.4, 0.5) is 13.2 Å². The standard InChI is InChI=1S/C8H15F3N2O3/c9-8(10,11)6-12-5-7(16)13(1-3-14)2-4-15/h12,14-15H,1-6H2. The molecular weight excluding hydrogens is 229 g/mol. The average molecular weight is 244 g/mol. The lowest BCUT2D eigenvalue weighted by molar-refractivity contribution is -0.135. The van der Waals surface area contributed by atoms with Crippen molar-refractivity contribution in [1.29, 1.82) is 0 Å². The van der Waals surface area contributed by atoms with E-state index < -0.39 is 25.2 Å². The second-order valence-electron chi connectivity index (χ2n) is 3.05. The Labute approximate surface area is 90.9 Å². The Hall–Kier alpha value is -0.860. The Morgan fingerprint density at radius 2 is 1.69 bits per heavy atom. The Morgan fingerprint density at radius 3 is 2.06 bits per heavy atom. The number of halogens is 3. The molecule has 16 heavy (non-hydrogen) atoms. The molecule has 0 aromatic heterocycles. The van der Waals surface area contributed by atoms with Gasteiger partial charge in [0.1, 0.15) is 0 Å². The molecule has 0 rings (SSSR count). The summed E-state index contributed by atoms with van der Waals surface area (Å²) in [5, 5.41) is 19.1. The lowest BCUT2D eigenvalue weighted by Crippen LogP contribution is -2.43. The number of amides is 1. The van der Waals surface area contributed by atoms with Gasteiger partial charge < -0.3 is 20.4 Å². The smallest absolute Gasteiger partial charge is 0.395 e. The highest BCUT2D eigenvalue weighted by molar-refractivity contribution is 5.78. The predicted octanol–water partition coefficient (Wildman–Crippen LogP) is -1.05. The molecule has 96 valence electrons. The summed E-state index contributed by atoms with van der Waals surface area (Å²) in [4.78, 5) is 12.4. The average Bonchev–Trinajstić information content (AvgIpc) is 2.15. The summed E-state index contributed by atoms with van der Waals surface area (Å²) >= 11 is 0. The Bertz CT molecular complexity index is 205. The van der Waals surface area contributed by atoms with E-state index in [1.165, 1.54) is 0 Å². The lowest BCUT2D eigenvalue weighted by atomic mass is 10.4. The summed E-state index contributed by atoms with van der Waals surface area (Å²) in [5.41, 5.74) is 0. The van der Waals surface area contributed by atoms with Gasteiger partial charge in [-0.05, 0) is 0 Å². The Balaban J connectivity index is 3.91. The van der Waals surface area contributed by atoms with E-state index in [-0.39, 0.29) is 26.3 Å². The molecule has 0 aliphatic rings. The van der Waals surface area contributed by atoms with Crippen molar-refractivity contribution in [2.24, 2.45) is 0 Å². The molecule has 0 unspecified atom stereocenters. The van der Waals surface area contributed by atoms with Crippen molar-refractivity contribution in [2.45, 2.75) is 6.18 Å². The Morgan fingerprint density at radius 1 is 1.19 bits per heavy atom. The van der Waals surface area contributed by atoms with Crippen molar-refractivity contribution in [3.63, 3.8) is 0 Å². The minimum atomic E-state index is -4.36. The molecule has 0 atom stereocenters. The first-order chi connectivity index (χ1) is 7.40. The van der Waals surface area contributed by atoms with Crippen molar-refractivity contribution in [1.82, 2.24) is 10.2 Å². The van der Waals surface area contributed by atoms with E-state index >= 15 is 0 Å². The zero-order valence-corrected chi connectivity index (χ0v) is 8.63. The number of carbonyl (C=O) groups excluding carboxylic acids is 1. The largest absolute Gasteiger partial charge is 0.401 e. The molecule has 0 aliphatic heterocycles. The van der Waals surface area contributed by atoms with Crippen LogP contribution in [0, 0.1) is 0 Å². The van der Waals surface area contributed by atoms with Crippen LogP contribution < -0.4 is 5.32 Å². The first-order valence-electron chi connectivity index (χ1n) is 4.67. The number of alkyl halides is 3. The van der Waals surface area contributed by atoms with Gasteiger partial charge in [0.2, 0.25) is 5.91 Å². The third kappa shape index (κ3) is 7.43. The van der Waals surface area contributed by atoms with Crippen LogP contribution in [0.5, 0.6) is 0 Å². The van der Waals surface area contributed by atoms with Gasteiger partial charge in [-0.3, -0.25) is 4.79 Å². The molecule has 3 N–H and O–H groups in total. The molecule has 0 aromatic rings. The van der Waals surface area contributed by atoms with Crippen LogP contribution in [0.3, 0.4) is 0 Å². The minimum Gasteiger partial charge on any atom is -0.395 e. The quantitative estimate of drug-likeness (QED) is 0.534. The van der Waals surface area contributed by atoms with E-state index in [4.69, 9.17) is 10.2 Å². The molecule has 0 aromatic carbocycles. The number of carbonyl (C=O) groups is 1. The van der Waals surface area contributed by atoms with E-state index in [0.29, 0.717) is 0 Å². The lowest BCUT2D eigenvalue weighted by Gasteiger charge is -2.21. The first-order valence-corrected chi connectivity index (χ1v) is 4.67. The van der Waals surface area contributed by atoms with Crippen molar-refractivity contribution in [3.05, 3.63) is 0 Å². The molecule has 0 fully saturated rings. The number of aliphatic hydroxyl groups excluding tert-OH is 2. The van der Waals surface area contributed by atoms with Crippen molar-refractivity contribution < 1.29 is 28.2 Å². The number of hydrogen-bond donors (Lipinski definition) is 3. The molecule has 8 heteroatoms. The summed E-state index contributed by atoms with van der Waals surface area (Å²) in [5.74, 6) is -0.590. The molecule has 0 bridgehead atoms. The van der Waals surface area contributed by atoms with Gasteiger partial charge in [0, 0.05) is 13.1 Å². The molecular formula is C8H15F3N2O3. The van der Waals surface area contributed by atoms with Gasteiger partial charge in [0.15, 0.2) is 0 Å². The van der Waals surface area contributed by atoms with Gasteiger partial charge in [0.05, 0.1) is 26.3 Å². The number of hydrogen-bond acceptors (Lipinski definition) is 4. The van der Waals surface area contributed by atoms with Crippen molar-refractivity contribution in [3.8, 4) is 0 Å². The number of nitrogens with one attached hydrogen (secondary N) is 1. The highest BCUT2D eigenvalue weighted by Crippen LogP contribution is 2.11. The van der Waals surface area contributed by atoms with Crippen molar-refractivity contribution >= 4 is 5.91 Å². The van der Waals surface area contributed by atoms with Gasteiger partial charge in [0.25, 0.3) is 0 Å². The summed E-state index contributed by atoms with van der Waals surface area (Å²) in [6, 6.07) is 0. The van der Waals surface area contributed by atoms with Crippen LogP contribution in [0.15, 0.2) is 0 Å². The minimum absolute atomic E-state index is 0.00685. The van der Waals surface area contributed by atoms with Gasteiger partial charge in [-0.1, -0.05) is 0 Å². The van der Waals surface area contributed by atoms with E-state index in [0.717, 1.165) is 4.90 Å². The first kappa shape index (κ1) is 15.1. The van der Waals surface area contributed by atoms with Crippen LogP contribution in [-0.2, 0) is 4.79 Å². The molecule has 0 spiro atoms. The summed E-state index contributed by atoms with van der Waals surface area (Å²) in [6.45, 7) is -2.33. The van der Waals surface area contributed by atoms with Crippen LogP contribution in [-0.4, -0.2) is 66.6 Å². The number of aliphatic hydroxyl groups is 2. The fraction of sp³-hybridized carbons (Fsp3) is 0.875.